The minimum atomic E-state index is -0.833. The summed E-state index contributed by atoms with van der Waals surface area (Å²) in [4.78, 5) is 39.6. The predicted octanol–water partition coefficient (Wildman–Crippen LogP) is 3.08. The van der Waals surface area contributed by atoms with Gasteiger partial charge in [0, 0.05) is 45.0 Å². The largest absolute Gasteiger partial charge is 0.481 e. The van der Waals surface area contributed by atoms with Crippen molar-refractivity contribution in [1.82, 2.24) is 9.88 Å². The fourth-order valence-electron chi connectivity index (χ4n) is 4.02. The Hall–Kier alpha value is -2.85. The summed E-state index contributed by atoms with van der Waals surface area (Å²) in [5.74, 6) is -0.824. The van der Waals surface area contributed by atoms with Crippen molar-refractivity contribution in [2.45, 2.75) is 39.5 Å². The zero-order valence-electron chi connectivity index (χ0n) is 19.6. The number of hydrogen-bond acceptors (Lipinski definition) is 7. The minimum absolute atomic E-state index is 0.0109. The van der Waals surface area contributed by atoms with Gasteiger partial charge in [0.15, 0.2) is 5.58 Å². The lowest BCUT2D eigenvalue weighted by Gasteiger charge is -2.37. The van der Waals surface area contributed by atoms with Crippen molar-refractivity contribution in [3.8, 4) is 0 Å². The second kappa shape index (κ2) is 13.1. The van der Waals surface area contributed by atoms with Gasteiger partial charge in [0.25, 0.3) is 18.0 Å². The summed E-state index contributed by atoms with van der Waals surface area (Å²) in [5, 5.41) is 15.5. The van der Waals surface area contributed by atoms with Crippen LogP contribution in [0.25, 0.3) is 11.1 Å². The summed E-state index contributed by atoms with van der Waals surface area (Å²) in [5.41, 5.74) is 7.23. The molecular formula is C23H33ClN4O6. The van der Waals surface area contributed by atoms with Gasteiger partial charge in [-0.1, -0.05) is 11.6 Å². The summed E-state index contributed by atoms with van der Waals surface area (Å²) >= 11 is 6.03. The summed E-state index contributed by atoms with van der Waals surface area (Å²) in [7, 11) is 0. The molecule has 4 N–H and O–H groups in total. The van der Waals surface area contributed by atoms with Gasteiger partial charge in [-0.2, -0.15) is 4.98 Å². The number of oxazole rings is 1. The van der Waals surface area contributed by atoms with Crippen LogP contribution in [0.1, 0.15) is 39.5 Å². The van der Waals surface area contributed by atoms with Crippen molar-refractivity contribution in [3.05, 3.63) is 23.2 Å². The highest BCUT2D eigenvalue weighted by Gasteiger charge is 2.32. The lowest BCUT2D eigenvalue weighted by Crippen LogP contribution is -2.48. The molecule has 0 bridgehead atoms. The number of carbonyl (C=O) groups excluding carboxylic acids is 1. The molecule has 1 aromatic carbocycles. The van der Waals surface area contributed by atoms with Gasteiger partial charge in [-0.3, -0.25) is 14.4 Å². The highest BCUT2D eigenvalue weighted by molar-refractivity contribution is 6.31. The first-order valence-electron chi connectivity index (χ1n) is 11.3. The van der Waals surface area contributed by atoms with Crippen LogP contribution in [0, 0.1) is 11.8 Å². The van der Waals surface area contributed by atoms with E-state index in [0.717, 1.165) is 76.8 Å². The maximum Gasteiger partial charge on any atom is 0.300 e. The van der Waals surface area contributed by atoms with Gasteiger partial charge < -0.3 is 30.2 Å². The smallest absolute Gasteiger partial charge is 0.300 e. The normalized spacial score (nSPS) is 18.4. The van der Waals surface area contributed by atoms with Gasteiger partial charge in [0.1, 0.15) is 5.52 Å². The van der Waals surface area contributed by atoms with Gasteiger partial charge in [-0.25, -0.2) is 0 Å². The van der Waals surface area contributed by atoms with Crippen LogP contribution in [0.15, 0.2) is 22.6 Å². The quantitative estimate of drug-likeness (QED) is 0.582. The van der Waals surface area contributed by atoms with Crippen LogP contribution in [0.3, 0.4) is 0 Å². The van der Waals surface area contributed by atoms with Crippen molar-refractivity contribution >= 4 is 46.6 Å². The molecule has 11 heteroatoms. The molecule has 34 heavy (non-hydrogen) atoms. The molecule has 0 saturated carbocycles. The number of aromatic nitrogens is 1. The van der Waals surface area contributed by atoms with E-state index < -0.39 is 11.9 Å². The number of carbonyl (C=O) groups is 3. The number of likely N-dealkylation sites (tertiary alicyclic amines) is 1. The Morgan fingerprint density at radius 2 is 1.74 bits per heavy atom. The Balaban J connectivity index is 0.000000446. The Kier molecular flexibility index (Phi) is 10.6. The SMILES string of the molecule is CC(=O)O.CC(=O)O.NCC1CCN(C(=O)C2CCCN(c3nc4cc(Cl)ccc4o3)C2)CC1. The van der Waals surface area contributed by atoms with Crippen molar-refractivity contribution in [3.63, 3.8) is 0 Å². The number of carboxylic acid groups (broad SMARTS) is 2. The molecule has 2 aromatic rings. The van der Waals surface area contributed by atoms with Crippen molar-refractivity contribution in [2.24, 2.45) is 17.6 Å². The lowest BCUT2D eigenvalue weighted by atomic mass is 9.93. The number of benzene rings is 1. The number of rotatable bonds is 3. The summed E-state index contributed by atoms with van der Waals surface area (Å²) in [6.45, 7) is 6.08. The van der Waals surface area contributed by atoms with E-state index in [4.69, 9.17) is 41.6 Å². The average Bonchev–Trinajstić information content (AvgIpc) is 3.21. The maximum atomic E-state index is 12.9. The molecule has 2 aliphatic heterocycles. The van der Waals surface area contributed by atoms with Gasteiger partial charge in [0.2, 0.25) is 5.91 Å². The van der Waals surface area contributed by atoms with Crippen LogP contribution in [-0.4, -0.2) is 70.7 Å². The Bertz CT molecular complexity index is 954. The lowest BCUT2D eigenvalue weighted by molar-refractivity contribution is -0.137. The summed E-state index contributed by atoms with van der Waals surface area (Å²) in [6, 6.07) is 6.02. The zero-order valence-corrected chi connectivity index (χ0v) is 20.3. The number of amides is 1. The first kappa shape index (κ1) is 27.4. The monoisotopic (exact) mass is 496 g/mol. The molecule has 2 fully saturated rings. The van der Waals surface area contributed by atoms with Crippen molar-refractivity contribution in [2.75, 3.05) is 37.6 Å². The van der Waals surface area contributed by atoms with E-state index in [-0.39, 0.29) is 11.8 Å². The van der Waals surface area contributed by atoms with Crippen LogP contribution < -0.4 is 10.6 Å². The molecule has 2 aliphatic rings. The molecule has 3 heterocycles. The molecule has 188 valence electrons. The predicted molar refractivity (Wildman–Crippen MR) is 129 cm³/mol. The van der Waals surface area contributed by atoms with Gasteiger partial charge in [-0.15, -0.1) is 0 Å². The third-order valence-electron chi connectivity index (χ3n) is 5.64. The molecule has 1 aromatic heterocycles. The molecule has 0 spiro atoms. The topological polar surface area (TPSA) is 150 Å². The third kappa shape index (κ3) is 8.49. The second-order valence-corrected chi connectivity index (χ2v) is 8.87. The molecule has 1 unspecified atom stereocenters. The highest BCUT2D eigenvalue weighted by Crippen LogP contribution is 2.29. The Labute approximate surface area is 203 Å². The van der Waals surface area contributed by atoms with Crippen LogP contribution in [0.5, 0.6) is 0 Å². The number of piperidine rings is 2. The molecule has 4 rings (SSSR count). The van der Waals surface area contributed by atoms with Crippen molar-refractivity contribution in [1.29, 1.82) is 0 Å². The molecule has 0 radical (unpaired) electrons. The Morgan fingerprint density at radius 1 is 1.12 bits per heavy atom. The summed E-state index contributed by atoms with van der Waals surface area (Å²) in [6.07, 6.45) is 3.93. The van der Waals surface area contributed by atoms with Crippen LogP contribution >= 0.6 is 11.6 Å². The number of nitrogens with two attached hydrogens (primary N) is 1. The zero-order chi connectivity index (χ0) is 25.3. The van der Waals surface area contributed by atoms with E-state index >= 15 is 0 Å². The van der Waals surface area contributed by atoms with Crippen LogP contribution in [0.4, 0.5) is 6.01 Å². The standard InChI is InChI=1S/C19H25ClN4O2.2C2H4O2/c20-15-3-4-17-16(10-15)22-19(26-17)24-7-1-2-14(12-24)18(25)23-8-5-13(11-21)6-9-23;2*1-2(3)4/h3-4,10,13-14H,1-2,5-9,11-12,21H2;2*1H3,(H,3,4). The second-order valence-electron chi connectivity index (χ2n) is 8.44. The number of hydrogen-bond donors (Lipinski definition) is 3. The first-order chi connectivity index (χ1) is 16.1. The van der Waals surface area contributed by atoms with Gasteiger partial charge in [-0.05, 0) is 56.3 Å². The number of anilines is 1. The molecule has 1 amide bonds. The van der Waals surface area contributed by atoms with E-state index in [9.17, 15) is 4.79 Å². The van der Waals surface area contributed by atoms with E-state index in [1.165, 1.54) is 0 Å². The van der Waals surface area contributed by atoms with Crippen molar-refractivity contribution < 1.29 is 29.0 Å². The fourth-order valence-corrected chi connectivity index (χ4v) is 4.19. The van der Waals surface area contributed by atoms with Gasteiger partial charge in [0.05, 0.1) is 5.92 Å². The number of aliphatic carboxylic acids is 2. The van der Waals surface area contributed by atoms with E-state index in [0.29, 0.717) is 23.5 Å². The number of fused-ring (bicyclic) bond motifs is 1. The summed E-state index contributed by atoms with van der Waals surface area (Å²) < 4.78 is 5.88. The van der Waals surface area contributed by atoms with E-state index in [1.54, 1.807) is 12.1 Å². The molecular weight excluding hydrogens is 464 g/mol. The molecule has 0 aliphatic carbocycles. The number of nitrogens with zero attached hydrogens (tertiary/aromatic N) is 3. The van der Waals surface area contributed by atoms with E-state index in [2.05, 4.69) is 9.88 Å². The molecule has 10 nitrogen and oxygen atoms in total. The number of carboxylic acids is 2. The fraction of sp³-hybridized carbons (Fsp3) is 0.565. The van der Waals surface area contributed by atoms with Crippen LogP contribution in [0.2, 0.25) is 5.02 Å². The third-order valence-corrected chi connectivity index (χ3v) is 5.87. The van der Waals surface area contributed by atoms with E-state index in [1.807, 2.05) is 11.0 Å². The molecule has 2 saturated heterocycles. The van der Waals surface area contributed by atoms with Gasteiger partial charge >= 0.3 is 0 Å². The first-order valence-corrected chi connectivity index (χ1v) is 11.7. The number of halogens is 1. The average molecular weight is 497 g/mol. The minimum Gasteiger partial charge on any atom is -0.481 e. The highest BCUT2D eigenvalue weighted by atomic mass is 35.5. The molecule has 1 atom stereocenters. The maximum absolute atomic E-state index is 12.9. The Morgan fingerprint density at radius 3 is 2.32 bits per heavy atom. The van der Waals surface area contributed by atoms with Crippen LogP contribution in [-0.2, 0) is 14.4 Å².